The van der Waals surface area contributed by atoms with Crippen molar-refractivity contribution in [3.8, 4) is 5.75 Å². The van der Waals surface area contributed by atoms with Crippen molar-refractivity contribution in [1.29, 1.82) is 0 Å². The van der Waals surface area contributed by atoms with E-state index in [4.69, 9.17) is 10.5 Å². The minimum atomic E-state index is 0.143. The number of nitrogens with one attached hydrogen (secondary N) is 1. The van der Waals surface area contributed by atoms with Crippen LogP contribution >= 0.6 is 12.2 Å². The van der Waals surface area contributed by atoms with Gasteiger partial charge in [-0.25, -0.2) is 0 Å². The van der Waals surface area contributed by atoms with E-state index in [1.165, 1.54) is 0 Å². The van der Waals surface area contributed by atoms with Crippen LogP contribution in [0.3, 0.4) is 0 Å². The van der Waals surface area contributed by atoms with Gasteiger partial charge in [-0.2, -0.15) is 5.10 Å². The van der Waals surface area contributed by atoms with Gasteiger partial charge in [0.05, 0.1) is 13.3 Å². The fourth-order valence-electron chi connectivity index (χ4n) is 1.75. The Morgan fingerprint density at radius 1 is 1.28 bits per heavy atom. The van der Waals surface area contributed by atoms with Crippen molar-refractivity contribution >= 4 is 34.3 Å². The highest BCUT2D eigenvalue weighted by molar-refractivity contribution is 7.80. The summed E-state index contributed by atoms with van der Waals surface area (Å²) in [5.74, 6) is 0.838. The summed E-state index contributed by atoms with van der Waals surface area (Å²) in [6.45, 7) is 0. The number of methoxy groups -OCH3 is 1. The molecule has 0 spiro atoms. The minimum Gasteiger partial charge on any atom is -0.496 e. The Hall–Kier alpha value is -2.14. The lowest BCUT2D eigenvalue weighted by Gasteiger charge is -2.07. The molecule has 18 heavy (non-hydrogen) atoms. The van der Waals surface area contributed by atoms with Gasteiger partial charge in [-0.05, 0) is 29.7 Å². The standard InChI is InChI=1S/C13H13N3OS/c1-17-12-7-6-9(8-15-16-13(14)18)10-4-2-3-5-11(10)12/h2-8H,1H3,(H3,14,16,18)/b15-8+. The first-order valence-corrected chi connectivity index (χ1v) is 5.77. The van der Waals surface area contributed by atoms with Gasteiger partial charge in [0.2, 0.25) is 0 Å². The van der Waals surface area contributed by atoms with Crippen LogP contribution in [0.1, 0.15) is 5.56 Å². The molecule has 0 heterocycles. The summed E-state index contributed by atoms with van der Waals surface area (Å²) in [4.78, 5) is 0. The van der Waals surface area contributed by atoms with Gasteiger partial charge in [-0.3, -0.25) is 5.43 Å². The first kappa shape index (κ1) is 12.3. The second kappa shape index (κ2) is 5.46. The van der Waals surface area contributed by atoms with E-state index in [9.17, 15) is 0 Å². The fraction of sp³-hybridized carbons (Fsp3) is 0.0769. The number of ether oxygens (including phenoxy) is 1. The number of rotatable bonds is 3. The van der Waals surface area contributed by atoms with Crippen molar-refractivity contribution < 1.29 is 4.74 Å². The zero-order chi connectivity index (χ0) is 13.0. The SMILES string of the molecule is COc1ccc(/C=N/NC(N)=S)c2ccccc12. The van der Waals surface area contributed by atoms with Crippen LogP contribution in [0.25, 0.3) is 10.8 Å². The molecule has 2 aromatic rings. The van der Waals surface area contributed by atoms with Gasteiger partial charge in [0.25, 0.3) is 0 Å². The third-order valence-electron chi connectivity index (χ3n) is 2.52. The largest absolute Gasteiger partial charge is 0.496 e. The molecule has 0 saturated carbocycles. The molecule has 2 aromatic carbocycles. The second-order valence-electron chi connectivity index (χ2n) is 3.64. The molecule has 4 nitrogen and oxygen atoms in total. The molecule has 0 bridgehead atoms. The number of nitrogens with two attached hydrogens (primary N) is 1. The molecule has 0 aliphatic carbocycles. The molecule has 3 N–H and O–H groups in total. The first-order chi connectivity index (χ1) is 8.72. The summed E-state index contributed by atoms with van der Waals surface area (Å²) >= 11 is 4.68. The van der Waals surface area contributed by atoms with Crippen molar-refractivity contribution in [2.75, 3.05) is 7.11 Å². The van der Waals surface area contributed by atoms with Gasteiger partial charge in [0, 0.05) is 10.9 Å². The Kier molecular flexibility index (Phi) is 3.74. The summed E-state index contributed by atoms with van der Waals surface area (Å²) in [5.41, 5.74) is 8.80. The Labute approximate surface area is 110 Å². The number of thiocarbonyl (C=S) groups is 1. The fourth-order valence-corrected chi connectivity index (χ4v) is 1.80. The van der Waals surface area contributed by atoms with Gasteiger partial charge in [0.15, 0.2) is 5.11 Å². The van der Waals surface area contributed by atoms with E-state index < -0.39 is 0 Å². The van der Waals surface area contributed by atoms with Crippen molar-refractivity contribution in [2.45, 2.75) is 0 Å². The zero-order valence-electron chi connectivity index (χ0n) is 9.88. The molecule has 0 unspecified atom stereocenters. The monoisotopic (exact) mass is 259 g/mol. The van der Waals surface area contributed by atoms with Crippen LogP contribution in [0.5, 0.6) is 5.75 Å². The summed E-state index contributed by atoms with van der Waals surface area (Å²) in [6, 6.07) is 11.8. The predicted molar refractivity (Wildman–Crippen MR) is 78.0 cm³/mol. The molecule has 0 fully saturated rings. The zero-order valence-corrected chi connectivity index (χ0v) is 10.7. The van der Waals surface area contributed by atoms with Crippen LogP contribution in [0.15, 0.2) is 41.5 Å². The molecule has 0 amide bonds. The van der Waals surface area contributed by atoms with Gasteiger partial charge < -0.3 is 10.5 Å². The number of nitrogens with zero attached hydrogens (tertiary/aromatic N) is 1. The average Bonchev–Trinajstić information content (AvgIpc) is 2.38. The second-order valence-corrected chi connectivity index (χ2v) is 4.08. The molecule has 0 aromatic heterocycles. The summed E-state index contributed by atoms with van der Waals surface area (Å²) < 4.78 is 5.32. The molecule has 5 heteroatoms. The van der Waals surface area contributed by atoms with Crippen molar-refractivity contribution in [2.24, 2.45) is 10.8 Å². The van der Waals surface area contributed by atoms with Crippen LogP contribution in [0, 0.1) is 0 Å². The highest BCUT2D eigenvalue weighted by Crippen LogP contribution is 2.27. The third-order valence-corrected chi connectivity index (χ3v) is 2.61. The van der Waals surface area contributed by atoms with E-state index >= 15 is 0 Å². The topological polar surface area (TPSA) is 59.6 Å². The number of benzene rings is 2. The highest BCUT2D eigenvalue weighted by atomic mass is 32.1. The number of fused-ring (bicyclic) bond motifs is 1. The maximum Gasteiger partial charge on any atom is 0.184 e. The van der Waals surface area contributed by atoms with Crippen molar-refractivity contribution in [3.05, 3.63) is 42.0 Å². The van der Waals surface area contributed by atoms with Crippen LogP contribution in [-0.4, -0.2) is 18.4 Å². The molecule has 0 saturated heterocycles. The maximum absolute atomic E-state index is 5.32. The third kappa shape index (κ3) is 2.57. The smallest absolute Gasteiger partial charge is 0.184 e. The lowest BCUT2D eigenvalue weighted by Crippen LogP contribution is -2.24. The Morgan fingerprint density at radius 3 is 2.67 bits per heavy atom. The lowest BCUT2D eigenvalue weighted by molar-refractivity contribution is 0.420. The number of hydrogen-bond donors (Lipinski definition) is 2. The van der Waals surface area contributed by atoms with Crippen LogP contribution in [-0.2, 0) is 0 Å². The van der Waals surface area contributed by atoms with Gasteiger partial charge in [-0.1, -0.05) is 24.3 Å². The molecule has 0 atom stereocenters. The summed E-state index contributed by atoms with van der Waals surface area (Å²) in [6.07, 6.45) is 1.68. The highest BCUT2D eigenvalue weighted by Gasteiger charge is 2.03. The molecular weight excluding hydrogens is 246 g/mol. The molecule has 0 radical (unpaired) electrons. The maximum atomic E-state index is 5.32. The predicted octanol–water partition coefficient (Wildman–Crippen LogP) is 2.02. The lowest BCUT2D eigenvalue weighted by atomic mass is 10.0. The van der Waals surface area contributed by atoms with Crippen LogP contribution in [0.4, 0.5) is 0 Å². The molecular formula is C13H13N3OS. The van der Waals surface area contributed by atoms with Crippen LogP contribution < -0.4 is 15.9 Å². The molecule has 92 valence electrons. The van der Waals surface area contributed by atoms with E-state index in [0.717, 1.165) is 22.1 Å². The molecule has 0 aliphatic rings. The molecule has 2 rings (SSSR count). The van der Waals surface area contributed by atoms with Crippen molar-refractivity contribution in [1.82, 2.24) is 5.43 Å². The van der Waals surface area contributed by atoms with Crippen LogP contribution in [0.2, 0.25) is 0 Å². The number of hydrogen-bond acceptors (Lipinski definition) is 3. The Bertz CT molecular complexity index is 610. The number of hydrazone groups is 1. The van der Waals surface area contributed by atoms with Gasteiger partial charge >= 0.3 is 0 Å². The Morgan fingerprint density at radius 2 is 2.00 bits per heavy atom. The summed E-state index contributed by atoms with van der Waals surface area (Å²) in [5, 5.41) is 6.21. The summed E-state index contributed by atoms with van der Waals surface area (Å²) in [7, 11) is 1.66. The van der Waals surface area contributed by atoms with Gasteiger partial charge in [0.1, 0.15) is 5.75 Å². The van der Waals surface area contributed by atoms with E-state index in [1.54, 1.807) is 13.3 Å². The quantitative estimate of drug-likeness (QED) is 0.503. The normalized spacial score (nSPS) is 10.7. The van der Waals surface area contributed by atoms with E-state index in [2.05, 4.69) is 22.7 Å². The van der Waals surface area contributed by atoms with E-state index in [-0.39, 0.29) is 5.11 Å². The van der Waals surface area contributed by atoms with E-state index in [0.29, 0.717) is 0 Å². The van der Waals surface area contributed by atoms with Gasteiger partial charge in [-0.15, -0.1) is 0 Å². The van der Waals surface area contributed by atoms with Crippen molar-refractivity contribution in [3.63, 3.8) is 0 Å². The first-order valence-electron chi connectivity index (χ1n) is 5.36. The molecule has 0 aliphatic heterocycles. The average molecular weight is 259 g/mol. The van der Waals surface area contributed by atoms with E-state index in [1.807, 2.05) is 36.4 Å². The minimum absolute atomic E-state index is 0.143. The Balaban J connectivity index is 2.46.